The van der Waals surface area contributed by atoms with E-state index in [1.165, 1.54) is 7.11 Å². The molecule has 17 nitrogen and oxygen atoms in total. The van der Waals surface area contributed by atoms with Crippen LogP contribution in [-0.2, 0) is 59.1 Å². The van der Waals surface area contributed by atoms with Gasteiger partial charge in [-0.3, -0.25) is 24.0 Å². The minimum Gasteiger partial charge on any atom is -0.466 e. The van der Waals surface area contributed by atoms with Crippen LogP contribution >= 0.6 is 0 Å². The molecule has 6 N–H and O–H groups in total. The van der Waals surface area contributed by atoms with Gasteiger partial charge in [-0.2, -0.15) is 0 Å². The number of esters is 1. The second-order valence-electron chi connectivity index (χ2n) is 12.4. The summed E-state index contributed by atoms with van der Waals surface area (Å²) < 4.78 is 26.2. The largest absolute Gasteiger partial charge is 0.466 e. The molecule has 5 amide bonds. The van der Waals surface area contributed by atoms with E-state index in [0.29, 0.717) is 83.2 Å². The summed E-state index contributed by atoms with van der Waals surface area (Å²) in [5.74, 6) is -2.51. The quantitative estimate of drug-likeness (QED) is 0.0362. The highest BCUT2D eigenvalue weighted by Gasteiger charge is 2.27. The summed E-state index contributed by atoms with van der Waals surface area (Å²) in [6.07, 6.45) is 4.78. The number of hydrogen-bond donors (Lipinski definition) is 6. The molecule has 2 atom stereocenters. The number of aliphatic hydroxyl groups excluding tert-OH is 1. The lowest BCUT2D eigenvalue weighted by atomic mass is 10.0. The Labute approximate surface area is 317 Å². The predicted octanol–water partition coefficient (Wildman–Crippen LogP) is 0.741. The summed E-state index contributed by atoms with van der Waals surface area (Å²) in [6, 6.07) is 5.00. The van der Waals surface area contributed by atoms with E-state index >= 15 is 0 Å². The van der Waals surface area contributed by atoms with Gasteiger partial charge in [0.1, 0.15) is 12.1 Å². The molecule has 0 unspecified atom stereocenters. The molecule has 1 aromatic rings. The van der Waals surface area contributed by atoms with E-state index in [4.69, 9.17) is 24.1 Å². The van der Waals surface area contributed by atoms with Gasteiger partial charge in [-0.15, -0.1) is 0 Å². The first-order valence-corrected chi connectivity index (χ1v) is 18.2. The Morgan fingerprint density at radius 3 is 1.87 bits per heavy atom. The predicted molar refractivity (Wildman–Crippen MR) is 199 cm³/mol. The number of methoxy groups -OCH3 is 1. The summed E-state index contributed by atoms with van der Waals surface area (Å²) in [6.45, 7) is 8.45. The van der Waals surface area contributed by atoms with E-state index in [9.17, 15) is 28.8 Å². The van der Waals surface area contributed by atoms with Crippen LogP contribution in [0.5, 0.6) is 0 Å². The minimum absolute atomic E-state index is 0.0478. The number of aliphatic hydroxyl groups is 1. The van der Waals surface area contributed by atoms with E-state index in [2.05, 4.69) is 31.3 Å². The maximum Gasteiger partial charge on any atom is 0.330 e. The van der Waals surface area contributed by atoms with Crippen LogP contribution in [0, 0.1) is 5.92 Å². The van der Waals surface area contributed by atoms with Crippen molar-refractivity contribution in [2.75, 3.05) is 78.4 Å². The number of nitrogens with one attached hydrogen (secondary N) is 5. The first-order valence-electron chi connectivity index (χ1n) is 18.2. The van der Waals surface area contributed by atoms with Gasteiger partial charge in [-0.05, 0) is 43.4 Å². The molecule has 0 fully saturated rings. The average Bonchev–Trinajstić information content (AvgIpc) is 3.15. The molecule has 0 aliphatic rings. The van der Waals surface area contributed by atoms with Crippen molar-refractivity contribution in [3.63, 3.8) is 0 Å². The van der Waals surface area contributed by atoms with Gasteiger partial charge in [0.25, 0.3) is 0 Å². The summed E-state index contributed by atoms with van der Waals surface area (Å²) in [4.78, 5) is 72.2. The number of unbranched alkanes of at least 4 members (excludes halogenated alkanes) is 2. The molecule has 0 heterocycles. The summed E-state index contributed by atoms with van der Waals surface area (Å²) in [5, 5.41) is 22.7. The van der Waals surface area contributed by atoms with E-state index < -0.39 is 29.9 Å². The summed E-state index contributed by atoms with van der Waals surface area (Å²) in [5.41, 5.74) is 1.24. The summed E-state index contributed by atoms with van der Waals surface area (Å²) in [7, 11) is 1.23. The molecular weight excluding hydrogens is 706 g/mol. The van der Waals surface area contributed by atoms with Gasteiger partial charge in [0.15, 0.2) is 0 Å². The Morgan fingerprint density at radius 1 is 0.667 bits per heavy atom. The zero-order chi connectivity index (χ0) is 40.0. The zero-order valence-electron chi connectivity index (χ0n) is 31.9. The third-order valence-corrected chi connectivity index (χ3v) is 7.53. The SMILES string of the molecule is COC(=O)/C=C\C(=O)NCCCCCC(=O)NCCOCCOCCOCCOCCC(=O)N[C@H](C(=O)N[C@@H](C)C(=O)Nc1ccc(CO)cc1)C(C)C. The molecular formula is C37H59N5O12. The molecule has 54 heavy (non-hydrogen) atoms. The Morgan fingerprint density at radius 2 is 1.28 bits per heavy atom. The molecule has 0 spiro atoms. The fourth-order valence-corrected chi connectivity index (χ4v) is 4.44. The molecule has 0 radical (unpaired) electrons. The Balaban J connectivity index is 2.00. The van der Waals surface area contributed by atoms with Crippen molar-refractivity contribution in [2.24, 2.45) is 5.92 Å². The van der Waals surface area contributed by atoms with Gasteiger partial charge in [0.2, 0.25) is 29.5 Å². The molecule has 0 saturated carbocycles. The third kappa shape index (κ3) is 24.0. The topological polar surface area (TPSA) is 229 Å². The van der Waals surface area contributed by atoms with Crippen molar-refractivity contribution in [2.45, 2.75) is 71.6 Å². The molecule has 17 heteroatoms. The smallest absolute Gasteiger partial charge is 0.330 e. The highest BCUT2D eigenvalue weighted by Crippen LogP contribution is 2.10. The molecule has 0 aliphatic heterocycles. The van der Waals surface area contributed by atoms with E-state index in [0.717, 1.165) is 18.6 Å². The number of hydrogen-bond acceptors (Lipinski definition) is 12. The second-order valence-corrected chi connectivity index (χ2v) is 12.4. The van der Waals surface area contributed by atoms with Crippen LogP contribution in [0.15, 0.2) is 36.4 Å². The van der Waals surface area contributed by atoms with Crippen LogP contribution in [0.3, 0.4) is 0 Å². The fraction of sp³-hybridized carbons (Fsp3) is 0.622. The average molecular weight is 766 g/mol. The second kappa shape index (κ2) is 30.0. The Bertz CT molecular complexity index is 1290. The molecule has 0 aromatic heterocycles. The maximum absolute atomic E-state index is 12.9. The van der Waals surface area contributed by atoms with Crippen molar-refractivity contribution in [1.82, 2.24) is 21.3 Å². The first-order chi connectivity index (χ1) is 26.0. The lowest BCUT2D eigenvalue weighted by Gasteiger charge is -2.24. The highest BCUT2D eigenvalue weighted by atomic mass is 16.6. The van der Waals surface area contributed by atoms with Crippen molar-refractivity contribution < 1.29 is 57.6 Å². The number of ether oxygens (including phenoxy) is 5. The molecule has 0 bridgehead atoms. The van der Waals surface area contributed by atoms with Crippen molar-refractivity contribution in [3.05, 3.63) is 42.0 Å². The van der Waals surface area contributed by atoms with Crippen LogP contribution in [0.1, 0.15) is 58.4 Å². The number of benzene rings is 1. The van der Waals surface area contributed by atoms with Crippen LogP contribution in [0.2, 0.25) is 0 Å². The minimum atomic E-state index is -0.850. The van der Waals surface area contributed by atoms with Crippen LogP contribution in [0.4, 0.5) is 5.69 Å². The number of carbonyl (C=O) groups is 6. The zero-order valence-corrected chi connectivity index (χ0v) is 31.9. The first kappa shape index (κ1) is 47.6. The number of amides is 5. The van der Waals surface area contributed by atoms with Crippen molar-refractivity contribution in [1.29, 1.82) is 0 Å². The van der Waals surface area contributed by atoms with E-state index in [1.807, 2.05) is 0 Å². The fourth-order valence-electron chi connectivity index (χ4n) is 4.44. The van der Waals surface area contributed by atoms with Gasteiger partial charge in [0.05, 0.1) is 66.6 Å². The van der Waals surface area contributed by atoms with Crippen LogP contribution in [-0.4, -0.2) is 126 Å². The molecule has 1 aromatic carbocycles. The van der Waals surface area contributed by atoms with Crippen molar-refractivity contribution in [3.8, 4) is 0 Å². The van der Waals surface area contributed by atoms with Gasteiger partial charge in [0, 0.05) is 43.8 Å². The lowest BCUT2D eigenvalue weighted by Crippen LogP contribution is -2.53. The van der Waals surface area contributed by atoms with Gasteiger partial charge in [-0.1, -0.05) is 32.4 Å². The van der Waals surface area contributed by atoms with Gasteiger partial charge >= 0.3 is 5.97 Å². The van der Waals surface area contributed by atoms with Crippen LogP contribution < -0.4 is 26.6 Å². The molecule has 1 rings (SSSR count). The summed E-state index contributed by atoms with van der Waals surface area (Å²) >= 11 is 0. The number of carbonyl (C=O) groups excluding carboxylic acids is 6. The third-order valence-electron chi connectivity index (χ3n) is 7.53. The van der Waals surface area contributed by atoms with Gasteiger partial charge < -0.3 is 55.4 Å². The molecule has 0 aliphatic carbocycles. The Hall–Kier alpha value is -4.42. The standard InChI is InChI=1S/C37H59N5O12/c1-27(2)35(37(49)40-28(3)36(48)41-30-11-9-29(26-43)10-12-30)42-33(46)15-18-51-20-22-53-24-25-54-23-21-52-19-17-39-31(44)8-6-5-7-16-38-32(45)13-14-34(47)50-4/h9-14,27-28,35,43H,5-8,15-26H2,1-4H3,(H,38,45)(H,39,44)(H,40,49)(H,41,48)(H,42,46)/b14-13-/t28-,35-/m0/s1. The number of rotatable bonds is 30. The molecule has 0 saturated heterocycles. The normalized spacial score (nSPS) is 12.2. The van der Waals surface area contributed by atoms with Crippen LogP contribution in [0.25, 0.3) is 0 Å². The lowest BCUT2D eigenvalue weighted by molar-refractivity contribution is -0.135. The monoisotopic (exact) mass is 765 g/mol. The van der Waals surface area contributed by atoms with E-state index in [-0.39, 0.29) is 49.9 Å². The van der Waals surface area contributed by atoms with E-state index in [1.54, 1.807) is 45.0 Å². The maximum atomic E-state index is 12.9. The molecule has 304 valence electrons. The number of anilines is 1. The highest BCUT2D eigenvalue weighted by molar-refractivity contribution is 5.98. The van der Waals surface area contributed by atoms with Crippen molar-refractivity contribution >= 4 is 41.2 Å². The Kier molecular flexibility index (Phi) is 26.4. The van der Waals surface area contributed by atoms with Gasteiger partial charge in [-0.25, -0.2) is 4.79 Å².